The summed E-state index contributed by atoms with van der Waals surface area (Å²) >= 11 is 0. The molecular weight excluding hydrogens is 388 g/mol. The fraction of sp³-hybridized carbons (Fsp3) is 0.300. The Labute approximate surface area is 166 Å². The molecule has 0 fully saturated rings. The highest BCUT2D eigenvalue weighted by molar-refractivity contribution is 5.91. The molecule has 0 atom stereocenters. The molecule has 0 saturated heterocycles. The molecule has 2 aromatic carbocycles. The van der Waals surface area contributed by atoms with Crippen molar-refractivity contribution in [3.63, 3.8) is 0 Å². The Hall–Kier alpha value is -3.10. The van der Waals surface area contributed by atoms with Crippen LogP contribution in [0.5, 0.6) is 0 Å². The molecule has 0 bridgehead atoms. The van der Waals surface area contributed by atoms with Gasteiger partial charge in [0, 0.05) is 36.2 Å². The van der Waals surface area contributed by atoms with Gasteiger partial charge in [-0.05, 0) is 17.2 Å². The Kier molecular flexibility index (Phi) is 5.91. The minimum atomic E-state index is -1.13. The van der Waals surface area contributed by atoms with E-state index in [1.54, 1.807) is 13.8 Å². The van der Waals surface area contributed by atoms with Gasteiger partial charge in [-0.1, -0.05) is 27.3 Å². The molecule has 2 amide bonds. The summed E-state index contributed by atoms with van der Waals surface area (Å²) in [6.07, 6.45) is 0. The number of carbonyl (C=O) groups excluding carboxylic acids is 1. The molecule has 0 unspecified atom stereocenters. The first-order valence-electron chi connectivity index (χ1n) is 8.36. The van der Waals surface area contributed by atoms with Crippen LogP contribution in [0.2, 0.25) is 0 Å². The molecule has 156 valence electrons. The van der Waals surface area contributed by atoms with Crippen molar-refractivity contribution in [3.05, 3.63) is 58.7 Å². The molecule has 29 heavy (non-hydrogen) atoms. The number of aliphatic imine (C=N–C) groups is 1. The van der Waals surface area contributed by atoms with Gasteiger partial charge >= 0.3 is 6.03 Å². The van der Waals surface area contributed by atoms with E-state index in [4.69, 9.17) is 11.5 Å². The second kappa shape index (κ2) is 7.73. The second-order valence-corrected chi connectivity index (χ2v) is 7.25. The molecule has 1 aliphatic heterocycles. The summed E-state index contributed by atoms with van der Waals surface area (Å²) in [7, 11) is 0. The van der Waals surface area contributed by atoms with Crippen molar-refractivity contribution in [1.29, 1.82) is 0 Å². The van der Waals surface area contributed by atoms with Crippen molar-refractivity contribution in [1.82, 2.24) is 4.90 Å². The normalized spacial score (nSPS) is 14.6. The lowest BCUT2D eigenvalue weighted by molar-refractivity contribution is 0.181. The van der Waals surface area contributed by atoms with Crippen molar-refractivity contribution in [2.75, 3.05) is 6.54 Å². The number of nitrogens with two attached hydrogens (primary N) is 2. The zero-order valence-electron chi connectivity index (χ0n) is 15.2. The molecule has 9 heteroatoms. The van der Waals surface area contributed by atoms with Gasteiger partial charge in [0.1, 0.15) is 23.3 Å². The average molecular weight is 410 g/mol. The fourth-order valence-corrected chi connectivity index (χ4v) is 3.67. The summed E-state index contributed by atoms with van der Waals surface area (Å²) < 4.78 is 56.7. The summed E-state index contributed by atoms with van der Waals surface area (Å²) in [6, 6.07) is 2.65. The number of guanidine groups is 1. The quantitative estimate of drug-likeness (QED) is 0.423. The van der Waals surface area contributed by atoms with Gasteiger partial charge in [-0.15, -0.1) is 0 Å². The summed E-state index contributed by atoms with van der Waals surface area (Å²) in [5.41, 5.74) is 9.57. The molecule has 0 radical (unpaired) electrons. The van der Waals surface area contributed by atoms with Gasteiger partial charge in [0.2, 0.25) is 0 Å². The lowest BCUT2D eigenvalue weighted by Crippen LogP contribution is -2.45. The van der Waals surface area contributed by atoms with Crippen LogP contribution in [0.4, 0.5) is 22.4 Å². The number of amides is 2. The van der Waals surface area contributed by atoms with E-state index < -0.39 is 46.2 Å². The molecule has 0 spiro atoms. The van der Waals surface area contributed by atoms with Crippen LogP contribution in [0, 0.1) is 23.3 Å². The maximum absolute atomic E-state index is 14.6. The number of benzene rings is 2. The zero-order valence-corrected chi connectivity index (χ0v) is 15.2. The van der Waals surface area contributed by atoms with Crippen LogP contribution >= 0.6 is 0 Å². The Morgan fingerprint density at radius 3 is 2.21 bits per heavy atom. The molecule has 0 aliphatic carbocycles. The molecule has 4 N–H and O–H groups in total. The van der Waals surface area contributed by atoms with E-state index in [-0.39, 0.29) is 37.2 Å². The highest BCUT2D eigenvalue weighted by Crippen LogP contribution is 2.41. The van der Waals surface area contributed by atoms with Crippen molar-refractivity contribution >= 4 is 12.0 Å². The van der Waals surface area contributed by atoms with Gasteiger partial charge < -0.3 is 16.4 Å². The number of rotatable bonds is 1. The van der Waals surface area contributed by atoms with Crippen LogP contribution in [-0.4, -0.2) is 23.4 Å². The predicted octanol–water partition coefficient (Wildman–Crippen LogP) is 4.03. The first kappa shape index (κ1) is 22.2. The average Bonchev–Trinajstić information content (AvgIpc) is 2.54. The number of hydrogen-bond donors (Lipinski definition) is 2. The number of fused-ring (bicyclic) bond motifs is 1. The Balaban J connectivity index is 0.00000300. The largest absolute Gasteiger partial charge is 0.370 e. The standard InChI is InChI=1S/C19H18F4N4O.CH4/c1-19(2)8-27(18(28)26-17(24)25)7-11-10(3-4-12(21)16(11)19)15-13(22)5-9(20)6-14(15)23;/h3-6H,7-8H2,1-2H3,(H4,24,25,26,28);1H4. The zero-order chi connectivity index (χ0) is 20.8. The van der Waals surface area contributed by atoms with Gasteiger partial charge in [0.25, 0.3) is 0 Å². The van der Waals surface area contributed by atoms with Crippen LogP contribution in [0.3, 0.4) is 0 Å². The third-order valence-electron chi connectivity index (χ3n) is 4.65. The highest BCUT2D eigenvalue weighted by atomic mass is 19.1. The predicted molar refractivity (Wildman–Crippen MR) is 103 cm³/mol. The fourth-order valence-electron chi connectivity index (χ4n) is 3.67. The summed E-state index contributed by atoms with van der Waals surface area (Å²) in [5, 5.41) is 0. The van der Waals surface area contributed by atoms with Gasteiger partial charge in [0.15, 0.2) is 5.96 Å². The topological polar surface area (TPSA) is 84.7 Å². The van der Waals surface area contributed by atoms with Gasteiger partial charge in [-0.25, -0.2) is 22.4 Å². The second-order valence-electron chi connectivity index (χ2n) is 7.25. The Morgan fingerprint density at radius 1 is 1.07 bits per heavy atom. The van der Waals surface area contributed by atoms with Crippen LogP contribution < -0.4 is 11.5 Å². The van der Waals surface area contributed by atoms with E-state index in [0.717, 1.165) is 6.07 Å². The summed E-state index contributed by atoms with van der Waals surface area (Å²) in [4.78, 5) is 17.0. The third kappa shape index (κ3) is 4.03. The number of halogens is 4. The maximum atomic E-state index is 14.6. The Morgan fingerprint density at radius 2 is 1.66 bits per heavy atom. The molecule has 3 rings (SSSR count). The summed E-state index contributed by atoms with van der Waals surface area (Å²) in [6.45, 7) is 3.29. The SMILES string of the molecule is C.CC1(C)CN(C(=O)N=C(N)N)Cc2c(-c3c(F)cc(F)cc3F)ccc(F)c21. The molecule has 0 saturated carbocycles. The van der Waals surface area contributed by atoms with Crippen molar-refractivity contribution < 1.29 is 22.4 Å². The van der Waals surface area contributed by atoms with Crippen molar-refractivity contribution in [2.45, 2.75) is 33.2 Å². The molecule has 2 aromatic rings. The highest BCUT2D eigenvalue weighted by Gasteiger charge is 2.38. The monoisotopic (exact) mass is 410 g/mol. The molecule has 1 heterocycles. The molecular formula is C20H22F4N4O. The maximum Gasteiger partial charge on any atom is 0.347 e. The number of nitrogens with zero attached hydrogens (tertiary/aromatic N) is 2. The van der Waals surface area contributed by atoms with Gasteiger partial charge in [0.05, 0.1) is 5.56 Å². The molecule has 5 nitrogen and oxygen atoms in total. The van der Waals surface area contributed by atoms with Crippen molar-refractivity contribution in [2.24, 2.45) is 16.5 Å². The third-order valence-corrected chi connectivity index (χ3v) is 4.65. The minimum Gasteiger partial charge on any atom is -0.370 e. The van der Waals surface area contributed by atoms with E-state index in [2.05, 4.69) is 4.99 Å². The van der Waals surface area contributed by atoms with Gasteiger partial charge in [-0.2, -0.15) is 4.99 Å². The van der Waals surface area contributed by atoms with E-state index >= 15 is 0 Å². The Bertz CT molecular complexity index is 977. The summed E-state index contributed by atoms with van der Waals surface area (Å²) in [5.74, 6) is -4.34. The van der Waals surface area contributed by atoms with Crippen LogP contribution in [0.1, 0.15) is 32.4 Å². The van der Waals surface area contributed by atoms with E-state index in [1.807, 2.05) is 0 Å². The van der Waals surface area contributed by atoms with E-state index in [9.17, 15) is 22.4 Å². The van der Waals surface area contributed by atoms with Gasteiger partial charge in [-0.3, -0.25) is 0 Å². The minimum absolute atomic E-state index is 0. The van der Waals surface area contributed by atoms with E-state index in [0.29, 0.717) is 12.1 Å². The van der Waals surface area contributed by atoms with Crippen molar-refractivity contribution in [3.8, 4) is 11.1 Å². The smallest absolute Gasteiger partial charge is 0.347 e. The molecule has 1 aliphatic rings. The first-order chi connectivity index (χ1) is 13.0. The number of urea groups is 1. The van der Waals surface area contributed by atoms with Crippen LogP contribution in [0.15, 0.2) is 29.3 Å². The van der Waals surface area contributed by atoms with Crippen LogP contribution in [0.25, 0.3) is 11.1 Å². The van der Waals surface area contributed by atoms with Crippen LogP contribution in [-0.2, 0) is 12.0 Å². The lowest BCUT2D eigenvalue weighted by atomic mass is 9.75. The number of hydrogen-bond acceptors (Lipinski definition) is 1. The lowest BCUT2D eigenvalue weighted by Gasteiger charge is -2.40. The first-order valence-corrected chi connectivity index (χ1v) is 8.36. The molecule has 0 aromatic heterocycles. The van der Waals surface area contributed by atoms with E-state index in [1.165, 1.54) is 11.0 Å². The number of carbonyl (C=O) groups is 1.